The van der Waals surface area contributed by atoms with E-state index >= 15 is 0 Å². The molecule has 0 aromatic carbocycles. The highest BCUT2D eigenvalue weighted by Gasteiger charge is 2.71. The standard InChI is InChI=1S/C17H30N2O6/c1-3-16-6-18-8-17(4-2,15(16)25)9-19(7-16)14(18)13(24)12(23)11(22)10(21)5-20/h10-14,20-24H,3-9H2,1-2H3/p+2/t10-,11-,12+,13-,14?,16?,17?/m1/s1. The molecule has 0 aromatic rings. The van der Waals surface area contributed by atoms with Gasteiger partial charge in [0.25, 0.3) is 0 Å². The van der Waals surface area contributed by atoms with E-state index in [1.165, 1.54) is 0 Å². The molecular formula is C17H32N2O6+2. The molecule has 4 bridgehead atoms. The molecule has 4 atom stereocenters. The van der Waals surface area contributed by atoms with Gasteiger partial charge < -0.3 is 25.5 Å². The number of aliphatic hydroxyl groups excluding tert-OH is 5. The average molecular weight is 360 g/mol. The minimum Gasteiger partial charge on any atom is -0.394 e. The fourth-order valence-electron chi connectivity index (χ4n) is 5.64. The summed E-state index contributed by atoms with van der Waals surface area (Å²) in [6, 6.07) is 0. The first kappa shape index (κ1) is 19.2. The largest absolute Gasteiger partial charge is 0.394 e. The van der Waals surface area contributed by atoms with Crippen molar-refractivity contribution in [1.82, 2.24) is 0 Å². The monoisotopic (exact) mass is 360 g/mol. The zero-order chi connectivity index (χ0) is 18.6. The van der Waals surface area contributed by atoms with E-state index in [9.17, 15) is 25.2 Å². The Hall–Kier alpha value is -0.610. The molecule has 0 aliphatic carbocycles. The lowest BCUT2D eigenvalue weighted by Crippen LogP contribution is -3.46. The van der Waals surface area contributed by atoms with Crippen LogP contribution in [-0.2, 0) is 4.79 Å². The number of hydrogen-bond acceptors (Lipinski definition) is 6. The quantitative estimate of drug-likeness (QED) is 0.244. The van der Waals surface area contributed by atoms with Crippen LogP contribution in [0.4, 0.5) is 0 Å². The molecule has 4 aliphatic heterocycles. The number of Topliss-reactive ketones (excluding diaryl/α,β-unsaturated/α-hetero) is 1. The number of quaternary nitrogens is 2. The van der Waals surface area contributed by atoms with Gasteiger partial charge in [0.15, 0.2) is 11.9 Å². The van der Waals surface area contributed by atoms with Crippen molar-refractivity contribution in [2.75, 3.05) is 32.8 Å². The maximum absolute atomic E-state index is 13.1. The Bertz CT molecular complexity index is 487. The second kappa shape index (κ2) is 6.53. The molecule has 4 heterocycles. The summed E-state index contributed by atoms with van der Waals surface area (Å²) in [5, 5.41) is 49.5. The molecule has 25 heavy (non-hydrogen) atoms. The predicted molar refractivity (Wildman–Crippen MR) is 86.7 cm³/mol. The van der Waals surface area contributed by atoms with Crippen molar-refractivity contribution < 1.29 is 40.1 Å². The highest BCUT2D eigenvalue weighted by molar-refractivity contribution is 5.92. The summed E-state index contributed by atoms with van der Waals surface area (Å²) >= 11 is 0. The van der Waals surface area contributed by atoms with Crippen molar-refractivity contribution in [3.8, 4) is 0 Å². The lowest BCUT2D eigenvalue weighted by Gasteiger charge is -2.61. The van der Waals surface area contributed by atoms with Crippen LogP contribution in [0, 0.1) is 10.8 Å². The predicted octanol–water partition coefficient (Wildman–Crippen LogP) is -5.08. The van der Waals surface area contributed by atoms with Crippen LogP contribution in [0.2, 0.25) is 0 Å². The molecular weight excluding hydrogens is 328 g/mol. The van der Waals surface area contributed by atoms with Gasteiger partial charge >= 0.3 is 0 Å². The fraction of sp³-hybridized carbons (Fsp3) is 0.941. The number of piperidine rings is 2. The van der Waals surface area contributed by atoms with Gasteiger partial charge in [0, 0.05) is 0 Å². The molecule has 4 fully saturated rings. The number of aliphatic hydroxyl groups is 5. The first-order chi connectivity index (χ1) is 11.7. The first-order valence-corrected chi connectivity index (χ1v) is 9.32. The third-order valence-corrected chi connectivity index (χ3v) is 7.08. The van der Waals surface area contributed by atoms with Gasteiger partial charge in [-0.3, -0.25) is 14.6 Å². The Morgan fingerprint density at radius 1 is 0.960 bits per heavy atom. The summed E-state index contributed by atoms with van der Waals surface area (Å²) in [4.78, 5) is 15.3. The molecule has 8 heteroatoms. The number of carbonyl (C=O) groups excluding carboxylic acids is 1. The van der Waals surface area contributed by atoms with E-state index in [0.717, 1.165) is 22.6 Å². The normalized spacial score (nSPS) is 44.6. The SMILES string of the molecule is CCC12C[NH+]3CC(CC)(C[NH+](C1)C3[C@H](O)[C@@H](O)[C@H](O)[C@H](O)CO)C2=O. The Labute approximate surface area is 147 Å². The second-order valence-electron chi connectivity index (χ2n) is 8.32. The van der Waals surface area contributed by atoms with Gasteiger partial charge in [0.1, 0.15) is 55.3 Å². The Morgan fingerprint density at radius 2 is 1.40 bits per heavy atom. The summed E-state index contributed by atoms with van der Waals surface area (Å²) in [6.45, 7) is 5.95. The van der Waals surface area contributed by atoms with Crippen molar-refractivity contribution in [2.24, 2.45) is 10.8 Å². The van der Waals surface area contributed by atoms with Crippen molar-refractivity contribution in [1.29, 1.82) is 0 Å². The molecule has 8 nitrogen and oxygen atoms in total. The lowest BCUT2D eigenvalue weighted by molar-refractivity contribution is -1.17. The number of rotatable bonds is 7. The van der Waals surface area contributed by atoms with Gasteiger partial charge in [-0.2, -0.15) is 0 Å². The number of carbonyl (C=O) groups is 1. The van der Waals surface area contributed by atoms with Crippen LogP contribution in [0.15, 0.2) is 0 Å². The topological polar surface area (TPSA) is 127 Å². The minimum atomic E-state index is -1.61. The highest BCUT2D eigenvalue weighted by Crippen LogP contribution is 2.39. The van der Waals surface area contributed by atoms with E-state index < -0.39 is 31.0 Å². The molecule has 4 aliphatic rings. The minimum absolute atomic E-state index is 0.344. The molecule has 0 radical (unpaired) electrons. The number of nitrogens with one attached hydrogen (secondary N) is 2. The van der Waals surface area contributed by atoms with E-state index in [4.69, 9.17) is 5.11 Å². The van der Waals surface area contributed by atoms with Crippen LogP contribution in [0.25, 0.3) is 0 Å². The van der Waals surface area contributed by atoms with Crippen LogP contribution in [0.1, 0.15) is 26.7 Å². The molecule has 144 valence electrons. The second-order valence-corrected chi connectivity index (χ2v) is 8.32. The molecule has 0 amide bonds. The highest BCUT2D eigenvalue weighted by atomic mass is 16.4. The molecule has 0 saturated carbocycles. The van der Waals surface area contributed by atoms with Crippen molar-refractivity contribution in [3.05, 3.63) is 0 Å². The van der Waals surface area contributed by atoms with Gasteiger partial charge in [-0.1, -0.05) is 13.8 Å². The summed E-state index contributed by atoms with van der Waals surface area (Å²) in [5.41, 5.74) is -0.719. The van der Waals surface area contributed by atoms with E-state index in [2.05, 4.69) is 0 Å². The zero-order valence-corrected chi connectivity index (χ0v) is 15.0. The number of ketones is 1. The fourth-order valence-corrected chi connectivity index (χ4v) is 5.64. The van der Waals surface area contributed by atoms with E-state index in [1.807, 2.05) is 13.8 Å². The maximum Gasteiger partial charge on any atom is 0.242 e. The summed E-state index contributed by atoms with van der Waals surface area (Å²) < 4.78 is 0. The number of hydrogen-bond donors (Lipinski definition) is 7. The average Bonchev–Trinajstić information content (AvgIpc) is 2.62. The van der Waals surface area contributed by atoms with Gasteiger partial charge in [-0.25, -0.2) is 0 Å². The van der Waals surface area contributed by atoms with E-state index in [1.54, 1.807) is 0 Å². The van der Waals surface area contributed by atoms with Gasteiger partial charge in [0.2, 0.25) is 6.17 Å². The zero-order valence-electron chi connectivity index (χ0n) is 15.0. The maximum atomic E-state index is 13.1. The van der Waals surface area contributed by atoms with Crippen LogP contribution >= 0.6 is 0 Å². The van der Waals surface area contributed by atoms with Crippen LogP contribution < -0.4 is 9.80 Å². The molecule has 4 saturated heterocycles. The molecule has 0 unspecified atom stereocenters. The Balaban J connectivity index is 1.84. The molecule has 4 rings (SSSR count). The smallest absolute Gasteiger partial charge is 0.242 e. The lowest BCUT2D eigenvalue weighted by atomic mass is 9.58. The first-order valence-electron chi connectivity index (χ1n) is 9.32. The van der Waals surface area contributed by atoms with Gasteiger partial charge in [-0.15, -0.1) is 0 Å². The van der Waals surface area contributed by atoms with Crippen molar-refractivity contribution in [3.63, 3.8) is 0 Å². The Kier molecular flexibility index (Phi) is 5.00. The van der Waals surface area contributed by atoms with Gasteiger partial charge in [-0.05, 0) is 12.8 Å². The molecule has 0 aromatic heterocycles. The summed E-state index contributed by atoms with van der Waals surface area (Å²) in [6.07, 6.45) is -4.68. The van der Waals surface area contributed by atoms with E-state index in [0.29, 0.717) is 32.0 Å². The van der Waals surface area contributed by atoms with E-state index in [-0.39, 0.29) is 17.0 Å². The van der Waals surface area contributed by atoms with Crippen LogP contribution in [0.5, 0.6) is 0 Å². The summed E-state index contributed by atoms with van der Waals surface area (Å²) in [5.74, 6) is 0.363. The molecule has 7 N–H and O–H groups in total. The summed E-state index contributed by atoms with van der Waals surface area (Å²) in [7, 11) is 0. The van der Waals surface area contributed by atoms with Crippen molar-refractivity contribution in [2.45, 2.75) is 57.3 Å². The Morgan fingerprint density at radius 3 is 1.76 bits per heavy atom. The van der Waals surface area contributed by atoms with Crippen LogP contribution in [0.3, 0.4) is 0 Å². The van der Waals surface area contributed by atoms with Gasteiger partial charge in [0.05, 0.1) is 6.61 Å². The third kappa shape index (κ3) is 2.66. The van der Waals surface area contributed by atoms with Crippen LogP contribution in [-0.4, -0.2) is 94.7 Å². The molecule has 0 spiro atoms. The third-order valence-electron chi connectivity index (χ3n) is 7.08. The van der Waals surface area contributed by atoms with Crippen molar-refractivity contribution >= 4 is 5.78 Å².